The fraction of sp³-hybridized carbons (Fsp3) is 0.625. The third kappa shape index (κ3) is 4.30. The van der Waals surface area contributed by atoms with Gasteiger partial charge < -0.3 is 20.3 Å². The first-order valence-electron chi connectivity index (χ1n) is 10.9. The number of hydrogen-bond acceptors (Lipinski definition) is 4. The summed E-state index contributed by atoms with van der Waals surface area (Å²) in [4.78, 5) is 12.9. The van der Waals surface area contributed by atoms with Crippen LogP contribution in [0.15, 0.2) is 17.7 Å². The van der Waals surface area contributed by atoms with Crippen LogP contribution in [0.2, 0.25) is 0 Å². The second kappa shape index (κ2) is 8.78. The van der Waals surface area contributed by atoms with Crippen molar-refractivity contribution in [2.75, 3.05) is 13.2 Å². The van der Waals surface area contributed by atoms with E-state index < -0.39 is 0 Å². The van der Waals surface area contributed by atoms with Crippen LogP contribution < -0.4 is 10.1 Å². The number of carbonyl (C=O) groups excluding carboxylic acids is 1. The highest BCUT2D eigenvalue weighted by atomic mass is 16.5. The van der Waals surface area contributed by atoms with Gasteiger partial charge in [-0.2, -0.15) is 0 Å². The van der Waals surface area contributed by atoms with Crippen molar-refractivity contribution in [2.45, 2.75) is 77.7 Å². The number of amides is 1. The maximum Gasteiger partial charge on any atom is 0.255 e. The lowest BCUT2D eigenvalue weighted by atomic mass is 9.67. The Labute approximate surface area is 174 Å². The molecule has 5 heteroatoms. The first-order valence-corrected chi connectivity index (χ1v) is 10.9. The summed E-state index contributed by atoms with van der Waals surface area (Å²) in [6.45, 7) is 8.55. The summed E-state index contributed by atoms with van der Waals surface area (Å²) in [5, 5.41) is 23.1. The van der Waals surface area contributed by atoms with Gasteiger partial charge in [-0.15, -0.1) is 0 Å². The summed E-state index contributed by atoms with van der Waals surface area (Å²) >= 11 is 0. The van der Waals surface area contributed by atoms with E-state index in [2.05, 4.69) is 39.1 Å². The van der Waals surface area contributed by atoms with Gasteiger partial charge in [0.1, 0.15) is 17.1 Å². The summed E-state index contributed by atoms with van der Waals surface area (Å²) in [6, 6.07) is 1.97. The molecule has 0 unspecified atom stereocenters. The molecule has 0 radical (unpaired) electrons. The highest BCUT2D eigenvalue weighted by molar-refractivity contribution is 5.99. The summed E-state index contributed by atoms with van der Waals surface area (Å²) in [7, 11) is 0. The molecule has 0 spiro atoms. The van der Waals surface area contributed by atoms with Gasteiger partial charge in [0, 0.05) is 23.9 Å². The van der Waals surface area contributed by atoms with Crippen LogP contribution in [-0.4, -0.2) is 34.9 Å². The SMILES string of the molecule is CCCCCc1cc2c(c(O)c1C(=O)NCCO)[C@@H]1C=C(C)CC[C@H]1C(C)(C)O2. The molecule has 1 aromatic carbocycles. The van der Waals surface area contributed by atoms with Crippen LogP contribution in [0.5, 0.6) is 11.5 Å². The number of unbranched alkanes of at least 4 members (excludes halogenated alkanes) is 2. The summed E-state index contributed by atoms with van der Waals surface area (Å²) in [6.07, 6.45) is 8.08. The Bertz CT molecular complexity index is 797. The number of aliphatic hydroxyl groups is 1. The number of fused-ring (bicyclic) bond motifs is 3. The topological polar surface area (TPSA) is 78.8 Å². The van der Waals surface area contributed by atoms with E-state index >= 15 is 0 Å². The first kappa shape index (κ1) is 21.7. The lowest BCUT2D eigenvalue weighted by molar-refractivity contribution is 0.0107. The van der Waals surface area contributed by atoms with Crippen molar-refractivity contribution in [3.8, 4) is 11.5 Å². The van der Waals surface area contributed by atoms with Crippen LogP contribution in [0.3, 0.4) is 0 Å². The van der Waals surface area contributed by atoms with Crippen LogP contribution in [0.25, 0.3) is 0 Å². The smallest absolute Gasteiger partial charge is 0.255 e. The van der Waals surface area contributed by atoms with E-state index in [1.54, 1.807) is 0 Å². The fourth-order valence-electron chi connectivity index (χ4n) is 4.88. The minimum absolute atomic E-state index is 0.0385. The van der Waals surface area contributed by atoms with Gasteiger partial charge in [0.2, 0.25) is 0 Å². The molecule has 3 N–H and O–H groups in total. The van der Waals surface area contributed by atoms with Gasteiger partial charge in [-0.1, -0.05) is 31.4 Å². The molecule has 0 fully saturated rings. The van der Waals surface area contributed by atoms with Crippen molar-refractivity contribution >= 4 is 5.91 Å². The van der Waals surface area contributed by atoms with E-state index in [1.165, 1.54) is 5.57 Å². The van der Waals surface area contributed by atoms with E-state index in [0.29, 0.717) is 17.7 Å². The highest BCUT2D eigenvalue weighted by Crippen LogP contribution is 2.54. The molecule has 0 saturated carbocycles. The molecular weight excluding hydrogens is 366 g/mol. The van der Waals surface area contributed by atoms with Crippen LogP contribution in [0.4, 0.5) is 0 Å². The van der Waals surface area contributed by atoms with Gasteiger partial charge in [0.25, 0.3) is 5.91 Å². The van der Waals surface area contributed by atoms with Crippen molar-refractivity contribution in [1.29, 1.82) is 0 Å². The summed E-state index contributed by atoms with van der Waals surface area (Å²) in [5.41, 5.74) is 2.88. The van der Waals surface area contributed by atoms with Gasteiger partial charge in [-0.05, 0) is 58.1 Å². The standard InChI is InChI=1S/C24H35NO4/c1-5-6-7-8-16-14-19-21(22(27)20(16)23(28)25-11-12-26)17-13-15(2)9-10-18(17)24(3,4)29-19/h13-14,17-18,26-27H,5-12H2,1-4H3,(H,25,28)/t17-,18-/m1/s1. The molecule has 1 aromatic rings. The second-order valence-electron chi connectivity index (χ2n) is 9.00. The zero-order chi connectivity index (χ0) is 21.2. The third-order valence-corrected chi connectivity index (χ3v) is 6.40. The molecule has 2 aliphatic rings. The number of phenolic OH excluding ortho intramolecular Hbond substituents is 1. The Morgan fingerprint density at radius 1 is 1.34 bits per heavy atom. The molecule has 0 aromatic heterocycles. The Balaban J connectivity index is 2.13. The number of ether oxygens (including phenoxy) is 1. The molecule has 1 amide bonds. The second-order valence-corrected chi connectivity index (χ2v) is 9.00. The van der Waals surface area contributed by atoms with Crippen LogP contribution >= 0.6 is 0 Å². The largest absolute Gasteiger partial charge is 0.507 e. The van der Waals surface area contributed by atoms with Gasteiger partial charge in [-0.3, -0.25) is 4.79 Å². The minimum atomic E-state index is -0.331. The van der Waals surface area contributed by atoms with Crippen molar-refractivity contribution in [2.24, 2.45) is 5.92 Å². The molecule has 0 saturated heterocycles. The molecular formula is C24H35NO4. The predicted molar refractivity (Wildman–Crippen MR) is 115 cm³/mol. The number of allylic oxidation sites excluding steroid dienone is 2. The number of phenols is 1. The number of benzene rings is 1. The van der Waals surface area contributed by atoms with E-state index in [0.717, 1.165) is 43.2 Å². The maximum atomic E-state index is 12.9. The minimum Gasteiger partial charge on any atom is -0.507 e. The number of carbonyl (C=O) groups is 1. The number of aliphatic hydroxyl groups excluding tert-OH is 1. The number of aromatic hydroxyl groups is 1. The van der Waals surface area contributed by atoms with Crippen molar-refractivity contribution in [3.05, 3.63) is 34.4 Å². The zero-order valence-corrected chi connectivity index (χ0v) is 18.2. The predicted octanol–water partition coefficient (Wildman–Crippen LogP) is 4.46. The molecule has 29 heavy (non-hydrogen) atoms. The molecule has 1 aliphatic heterocycles. The molecule has 0 bridgehead atoms. The molecule has 3 rings (SSSR count). The third-order valence-electron chi connectivity index (χ3n) is 6.40. The number of aryl methyl sites for hydroxylation is 1. The molecule has 1 aliphatic carbocycles. The fourth-order valence-corrected chi connectivity index (χ4v) is 4.88. The summed E-state index contributed by atoms with van der Waals surface area (Å²) in [5.74, 6) is 0.704. The molecule has 2 atom stereocenters. The highest BCUT2D eigenvalue weighted by Gasteiger charge is 2.46. The van der Waals surface area contributed by atoms with E-state index in [1.807, 2.05) is 6.07 Å². The Morgan fingerprint density at radius 3 is 2.79 bits per heavy atom. The zero-order valence-electron chi connectivity index (χ0n) is 18.2. The van der Waals surface area contributed by atoms with Crippen LogP contribution in [-0.2, 0) is 6.42 Å². The quantitative estimate of drug-likeness (QED) is 0.466. The Kier molecular flexibility index (Phi) is 6.57. The van der Waals surface area contributed by atoms with Crippen molar-refractivity contribution in [3.63, 3.8) is 0 Å². The van der Waals surface area contributed by atoms with Gasteiger partial charge >= 0.3 is 0 Å². The average Bonchev–Trinajstić information content (AvgIpc) is 2.65. The Morgan fingerprint density at radius 2 is 2.10 bits per heavy atom. The van der Waals surface area contributed by atoms with Crippen molar-refractivity contribution in [1.82, 2.24) is 5.32 Å². The molecule has 160 valence electrons. The van der Waals surface area contributed by atoms with E-state index in [-0.39, 0.29) is 42.2 Å². The maximum absolute atomic E-state index is 12.9. The van der Waals surface area contributed by atoms with Gasteiger partial charge in [0.05, 0.1) is 12.2 Å². The summed E-state index contributed by atoms with van der Waals surface area (Å²) < 4.78 is 6.41. The normalized spacial score (nSPS) is 22.2. The van der Waals surface area contributed by atoms with Crippen LogP contribution in [0.1, 0.15) is 87.2 Å². The number of rotatable bonds is 7. The monoisotopic (exact) mass is 401 g/mol. The lowest BCUT2D eigenvalue weighted by Crippen LogP contribution is -2.45. The lowest BCUT2D eigenvalue weighted by Gasteiger charge is -2.46. The van der Waals surface area contributed by atoms with E-state index in [9.17, 15) is 9.90 Å². The van der Waals surface area contributed by atoms with Gasteiger partial charge in [-0.25, -0.2) is 0 Å². The number of nitrogens with one attached hydrogen (secondary N) is 1. The average molecular weight is 402 g/mol. The molecule has 5 nitrogen and oxygen atoms in total. The van der Waals surface area contributed by atoms with Crippen molar-refractivity contribution < 1.29 is 19.7 Å². The molecule has 1 heterocycles. The van der Waals surface area contributed by atoms with E-state index in [4.69, 9.17) is 9.84 Å². The van der Waals surface area contributed by atoms with Crippen LogP contribution in [0, 0.1) is 5.92 Å². The Hall–Kier alpha value is -2.01. The first-order chi connectivity index (χ1) is 13.8. The number of hydrogen-bond donors (Lipinski definition) is 3. The van der Waals surface area contributed by atoms with Gasteiger partial charge in [0.15, 0.2) is 0 Å².